The van der Waals surface area contributed by atoms with Gasteiger partial charge in [-0.05, 0) is 41.0 Å². The number of amides is 1. The van der Waals surface area contributed by atoms with E-state index in [4.69, 9.17) is 0 Å². The maximum absolute atomic E-state index is 11.8. The summed E-state index contributed by atoms with van der Waals surface area (Å²) >= 11 is 3.31. The molecule has 0 aromatic carbocycles. The van der Waals surface area contributed by atoms with E-state index in [1.807, 2.05) is 6.07 Å². The third-order valence-corrected chi connectivity index (χ3v) is 3.01. The van der Waals surface area contributed by atoms with E-state index in [0.29, 0.717) is 5.69 Å². The van der Waals surface area contributed by atoms with Gasteiger partial charge in [0.15, 0.2) is 0 Å². The first-order valence-corrected chi connectivity index (χ1v) is 5.69. The molecule has 1 amide bonds. The Hall–Kier alpha value is -0.940. The summed E-state index contributed by atoms with van der Waals surface area (Å²) in [7, 11) is 0. The van der Waals surface area contributed by atoms with Crippen LogP contribution in [0, 0.1) is 0 Å². The molecule has 1 saturated heterocycles. The number of rotatable bonds is 2. The van der Waals surface area contributed by atoms with Crippen molar-refractivity contribution in [3.8, 4) is 0 Å². The van der Waals surface area contributed by atoms with Crippen LogP contribution in [-0.4, -0.2) is 30.0 Å². The third-order valence-electron chi connectivity index (χ3n) is 2.37. The van der Waals surface area contributed by atoms with Crippen LogP contribution in [0.2, 0.25) is 0 Å². The molecule has 0 bridgehead atoms. The Morgan fingerprint density at radius 2 is 2.53 bits per heavy atom. The lowest BCUT2D eigenvalue weighted by Gasteiger charge is -2.11. The molecule has 2 heterocycles. The lowest BCUT2D eigenvalue weighted by atomic mass is 10.2. The molecule has 0 saturated carbocycles. The second-order valence-electron chi connectivity index (χ2n) is 3.50. The Kier molecular flexibility index (Phi) is 3.33. The summed E-state index contributed by atoms with van der Waals surface area (Å²) in [6.45, 7) is 1.81. The molecule has 80 valence electrons. The van der Waals surface area contributed by atoms with Crippen LogP contribution in [-0.2, 0) is 0 Å². The van der Waals surface area contributed by atoms with E-state index in [9.17, 15) is 4.79 Å². The van der Waals surface area contributed by atoms with Gasteiger partial charge in [0, 0.05) is 23.3 Å². The Balaban J connectivity index is 2.04. The number of nitrogens with one attached hydrogen (secondary N) is 2. The van der Waals surface area contributed by atoms with Crippen molar-refractivity contribution >= 4 is 21.8 Å². The molecule has 1 atom stereocenters. The number of hydrogen-bond donors (Lipinski definition) is 2. The molecule has 2 rings (SSSR count). The summed E-state index contributed by atoms with van der Waals surface area (Å²) in [6, 6.07) is 3.83. The molecular weight excluding hydrogens is 258 g/mol. The summed E-state index contributed by atoms with van der Waals surface area (Å²) in [6.07, 6.45) is 2.60. The predicted octanol–water partition coefficient (Wildman–Crippen LogP) is 0.936. The van der Waals surface area contributed by atoms with Crippen LogP contribution in [0.4, 0.5) is 0 Å². The van der Waals surface area contributed by atoms with Gasteiger partial charge in [0.2, 0.25) is 0 Å². The normalized spacial score (nSPS) is 20.2. The second-order valence-corrected chi connectivity index (χ2v) is 4.35. The molecule has 1 aliphatic heterocycles. The van der Waals surface area contributed by atoms with Crippen molar-refractivity contribution in [3.05, 3.63) is 28.5 Å². The fraction of sp³-hybridized carbons (Fsp3) is 0.400. The molecular formula is C10H12BrN3O. The largest absolute Gasteiger partial charge is 0.347 e. The summed E-state index contributed by atoms with van der Waals surface area (Å²) in [5.74, 6) is -0.115. The van der Waals surface area contributed by atoms with E-state index in [2.05, 4.69) is 31.5 Å². The number of nitrogens with zero attached hydrogens (tertiary/aromatic N) is 1. The number of hydrogen-bond acceptors (Lipinski definition) is 3. The Labute approximate surface area is 96.6 Å². The summed E-state index contributed by atoms with van der Waals surface area (Å²) in [5.41, 5.74) is 0.449. The van der Waals surface area contributed by atoms with Crippen LogP contribution in [0.3, 0.4) is 0 Å². The first-order valence-electron chi connectivity index (χ1n) is 4.89. The van der Waals surface area contributed by atoms with Gasteiger partial charge in [-0.15, -0.1) is 0 Å². The lowest BCUT2D eigenvalue weighted by molar-refractivity contribution is 0.0934. The number of pyridine rings is 1. The van der Waals surface area contributed by atoms with Crippen LogP contribution in [0.5, 0.6) is 0 Å². The standard InChI is InChI=1S/C10H12BrN3O/c11-8-2-1-4-13-9(8)10(15)14-7-3-5-12-6-7/h1-2,4,7,12H,3,5-6H2,(H,14,15)/t7-/m0/s1. The quantitative estimate of drug-likeness (QED) is 0.840. The van der Waals surface area contributed by atoms with Crippen molar-refractivity contribution in [2.45, 2.75) is 12.5 Å². The lowest BCUT2D eigenvalue weighted by Crippen LogP contribution is -2.36. The predicted molar refractivity (Wildman–Crippen MR) is 60.7 cm³/mol. The van der Waals surface area contributed by atoms with Gasteiger partial charge in [-0.3, -0.25) is 4.79 Å². The van der Waals surface area contributed by atoms with Crippen LogP contribution >= 0.6 is 15.9 Å². The van der Waals surface area contributed by atoms with Crippen molar-refractivity contribution in [1.82, 2.24) is 15.6 Å². The monoisotopic (exact) mass is 269 g/mol. The Morgan fingerprint density at radius 3 is 3.20 bits per heavy atom. The fourth-order valence-corrected chi connectivity index (χ4v) is 2.02. The molecule has 1 aliphatic rings. The Bertz CT molecular complexity index is 363. The number of halogens is 1. The molecule has 0 unspecified atom stereocenters. The highest BCUT2D eigenvalue weighted by Crippen LogP contribution is 2.13. The van der Waals surface area contributed by atoms with E-state index in [-0.39, 0.29) is 11.9 Å². The number of aromatic nitrogens is 1. The highest BCUT2D eigenvalue weighted by molar-refractivity contribution is 9.10. The first kappa shape index (κ1) is 10.6. The second kappa shape index (κ2) is 4.72. The van der Waals surface area contributed by atoms with Crippen LogP contribution in [0.15, 0.2) is 22.8 Å². The van der Waals surface area contributed by atoms with Crippen LogP contribution in [0.25, 0.3) is 0 Å². The molecule has 0 radical (unpaired) electrons. The van der Waals surface area contributed by atoms with Crippen molar-refractivity contribution in [3.63, 3.8) is 0 Å². The molecule has 1 fully saturated rings. The molecule has 4 nitrogen and oxygen atoms in total. The fourth-order valence-electron chi connectivity index (χ4n) is 1.58. The van der Waals surface area contributed by atoms with Crippen molar-refractivity contribution in [1.29, 1.82) is 0 Å². The summed E-state index contributed by atoms with van der Waals surface area (Å²) in [5, 5.41) is 6.14. The van der Waals surface area contributed by atoms with Crippen LogP contribution in [0.1, 0.15) is 16.9 Å². The van der Waals surface area contributed by atoms with Gasteiger partial charge in [0.05, 0.1) is 0 Å². The van der Waals surface area contributed by atoms with Gasteiger partial charge in [0.1, 0.15) is 5.69 Å². The maximum atomic E-state index is 11.8. The smallest absolute Gasteiger partial charge is 0.271 e. The highest BCUT2D eigenvalue weighted by Gasteiger charge is 2.19. The first-order chi connectivity index (χ1) is 7.27. The molecule has 0 aliphatic carbocycles. The molecule has 5 heteroatoms. The SMILES string of the molecule is O=C(N[C@H]1CCNC1)c1ncccc1Br. The topological polar surface area (TPSA) is 54.0 Å². The molecule has 0 spiro atoms. The zero-order valence-corrected chi connectivity index (χ0v) is 9.75. The Morgan fingerprint density at radius 1 is 1.67 bits per heavy atom. The van der Waals surface area contributed by atoms with E-state index in [0.717, 1.165) is 24.0 Å². The minimum Gasteiger partial charge on any atom is -0.347 e. The van der Waals surface area contributed by atoms with Gasteiger partial charge in [0.25, 0.3) is 5.91 Å². The van der Waals surface area contributed by atoms with E-state index < -0.39 is 0 Å². The number of carbonyl (C=O) groups excluding carboxylic acids is 1. The van der Waals surface area contributed by atoms with E-state index in [1.165, 1.54) is 0 Å². The minimum absolute atomic E-state index is 0.115. The van der Waals surface area contributed by atoms with Gasteiger partial charge < -0.3 is 10.6 Å². The summed E-state index contributed by atoms with van der Waals surface area (Å²) < 4.78 is 0.730. The van der Waals surface area contributed by atoms with Crippen molar-refractivity contribution < 1.29 is 4.79 Å². The van der Waals surface area contributed by atoms with Gasteiger partial charge in [-0.25, -0.2) is 4.98 Å². The minimum atomic E-state index is -0.115. The van der Waals surface area contributed by atoms with Crippen molar-refractivity contribution in [2.75, 3.05) is 13.1 Å². The van der Waals surface area contributed by atoms with E-state index in [1.54, 1.807) is 12.3 Å². The zero-order valence-electron chi connectivity index (χ0n) is 8.16. The van der Waals surface area contributed by atoms with Gasteiger partial charge in [-0.2, -0.15) is 0 Å². The summed E-state index contributed by atoms with van der Waals surface area (Å²) in [4.78, 5) is 15.8. The average molecular weight is 270 g/mol. The highest BCUT2D eigenvalue weighted by atomic mass is 79.9. The molecule has 1 aromatic rings. The average Bonchev–Trinajstić information content (AvgIpc) is 2.71. The zero-order chi connectivity index (χ0) is 10.7. The molecule has 15 heavy (non-hydrogen) atoms. The van der Waals surface area contributed by atoms with Gasteiger partial charge in [-0.1, -0.05) is 0 Å². The van der Waals surface area contributed by atoms with Crippen LogP contribution < -0.4 is 10.6 Å². The third kappa shape index (κ3) is 2.54. The molecule has 2 N–H and O–H groups in total. The van der Waals surface area contributed by atoms with E-state index >= 15 is 0 Å². The van der Waals surface area contributed by atoms with Crippen molar-refractivity contribution in [2.24, 2.45) is 0 Å². The maximum Gasteiger partial charge on any atom is 0.271 e. The molecule has 1 aromatic heterocycles. The number of carbonyl (C=O) groups is 1. The van der Waals surface area contributed by atoms with Gasteiger partial charge >= 0.3 is 0 Å².